The van der Waals surface area contributed by atoms with Crippen LogP contribution >= 0.6 is 0 Å². The molecule has 1 fully saturated rings. The minimum absolute atomic E-state index is 0.0438. The Morgan fingerprint density at radius 1 is 1.08 bits per heavy atom. The second kappa shape index (κ2) is 14.4. The van der Waals surface area contributed by atoms with E-state index in [0.29, 0.717) is 23.6 Å². The zero-order valence-corrected chi connectivity index (χ0v) is 28.5. The summed E-state index contributed by atoms with van der Waals surface area (Å²) < 4.78 is 48.0. The summed E-state index contributed by atoms with van der Waals surface area (Å²) in [6.07, 6.45) is 3.64. The number of aryl methyl sites for hydroxylation is 1. The summed E-state index contributed by atoms with van der Waals surface area (Å²) >= 11 is 0. The summed E-state index contributed by atoms with van der Waals surface area (Å²) in [7, 11) is 1.21. The number of rotatable bonds is 8. The number of halogens is 3. The lowest BCUT2D eigenvalue weighted by molar-refractivity contribution is -0.137. The average Bonchev–Trinajstić information content (AvgIpc) is 3.38. The standard InChI is InChI=1S/C34H38F3N9O5/c1-4-24-28(43-13-15-44(16-14-43)31(49)27-29(48)20(2)38-19-39-27)32(50)46-33(41-30(42-46)21-9-7-5-6-8-10-21)45(24)18-26(47)40-23-12-11-22(34(35,36)37)17-25(23)51-3/h9,11-12,17,19,48H,4-8,10,13-16,18H2,1-3H3,(H,40,47). The summed E-state index contributed by atoms with van der Waals surface area (Å²) in [6, 6.07) is 2.80. The fourth-order valence-corrected chi connectivity index (χ4v) is 6.49. The fourth-order valence-electron chi connectivity index (χ4n) is 6.49. The number of nitrogens with zero attached hydrogens (tertiary/aromatic N) is 8. The number of fused-ring (bicyclic) bond motifs is 1. The van der Waals surface area contributed by atoms with E-state index in [2.05, 4.69) is 26.5 Å². The molecule has 0 atom stereocenters. The molecular formula is C34H38F3N9O5. The molecule has 2 aliphatic rings. The van der Waals surface area contributed by atoms with Crippen LogP contribution in [0.3, 0.4) is 0 Å². The molecule has 0 bridgehead atoms. The zero-order valence-electron chi connectivity index (χ0n) is 28.5. The third-order valence-electron chi connectivity index (χ3n) is 9.18. The van der Waals surface area contributed by atoms with Crippen LogP contribution in [-0.4, -0.2) is 84.2 Å². The maximum absolute atomic E-state index is 14.3. The number of allylic oxidation sites excluding steroid dienone is 2. The van der Waals surface area contributed by atoms with Gasteiger partial charge in [0.2, 0.25) is 11.7 Å². The lowest BCUT2D eigenvalue weighted by Gasteiger charge is -2.36. The first-order chi connectivity index (χ1) is 24.4. The molecule has 14 nitrogen and oxygen atoms in total. The van der Waals surface area contributed by atoms with Crippen molar-refractivity contribution in [2.75, 3.05) is 43.5 Å². The van der Waals surface area contributed by atoms with Gasteiger partial charge in [0.25, 0.3) is 11.5 Å². The van der Waals surface area contributed by atoms with Crippen molar-refractivity contribution >= 4 is 34.5 Å². The molecule has 17 heteroatoms. The maximum Gasteiger partial charge on any atom is 0.416 e. The summed E-state index contributed by atoms with van der Waals surface area (Å²) in [5, 5.41) is 17.7. The Labute approximate surface area is 290 Å². The van der Waals surface area contributed by atoms with Gasteiger partial charge in [-0.25, -0.2) is 9.97 Å². The van der Waals surface area contributed by atoms with Gasteiger partial charge >= 0.3 is 6.18 Å². The van der Waals surface area contributed by atoms with Crippen molar-refractivity contribution in [3.8, 4) is 11.5 Å². The van der Waals surface area contributed by atoms with Gasteiger partial charge in [-0.05, 0) is 62.8 Å². The van der Waals surface area contributed by atoms with Gasteiger partial charge in [-0.3, -0.25) is 14.4 Å². The normalized spacial score (nSPS) is 15.5. The molecule has 270 valence electrons. The minimum atomic E-state index is -4.60. The summed E-state index contributed by atoms with van der Waals surface area (Å²) in [5.41, 5.74) is 0.572. The Balaban J connectivity index is 1.36. The number of aromatic hydroxyl groups is 1. The quantitative estimate of drug-likeness (QED) is 0.271. The lowest BCUT2D eigenvalue weighted by Crippen LogP contribution is -2.51. The number of methoxy groups -OCH3 is 1. The van der Waals surface area contributed by atoms with E-state index in [0.717, 1.165) is 55.9 Å². The van der Waals surface area contributed by atoms with E-state index in [1.165, 1.54) is 22.9 Å². The van der Waals surface area contributed by atoms with Gasteiger partial charge < -0.3 is 29.5 Å². The van der Waals surface area contributed by atoms with E-state index >= 15 is 0 Å². The highest BCUT2D eigenvalue weighted by molar-refractivity contribution is 5.95. The lowest BCUT2D eigenvalue weighted by atomic mass is 10.1. The Bertz CT molecular complexity index is 2070. The monoisotopic (exact) mass is 709 g/mol. The van der Waals surface area contributed by atoms with Gasteiger partial charge in [-0.2, -0.15) is 22.7 Å². The van der Waals surface area contributed by atoms with Crippen LogP contribution in [0.15, 0.2) is 35.4 Å². The number of alkyl halides is 3. The average molecular weight is 710 g/mol. The zero-order chi connectivity index (χ0) is 36.4. The minimum Gasteiger partial charge on any atom is -0.504 e. The number of aromatic nitrogens is 6. The van der Waals surface area contributed by atoms with Crippen LogP contribution in [0.1, 0.15) is 72.3 Å². The van der Waals surface area contributed by atoms with Crippen LogP contribution < -0.4 is 20.5 Å². The van der Waals surface area contributed by atoms with Gasteiger partial charge in [-0.1, -0.05) is 19.4 Å². The number of nitrogens with one attached hydrogen (secondary N) is 1. The Morgan fingerprint density at radius 2 is 1.84 bits per heavy atom. The molecule has 2 N–H and O–H groups in total. The summed E-state index contributed by atoms with van der Waals surface area (Å²) in [5.74, 6) is -0.963. The molecule has 0 saturated carbocycles. The van der Waals surface area contributed by atoms with Crippen molar-refractivity contribution in [2.24, 2.45) is 0 Å². The largest absolute Gasteiger partial charge is 0.504 e. The Hall–Kier alpha value is -5.48. The van der Waals surface area contributed by atoms with E-state index in [9.17, 15) is 32.7 Å². The molecule has 0 unspecified atom stereocenters. The molecule has 1 aromatic carbocycles. The summed E-state index contributed by atoms with van der Waals surface area (Å²) in [6.45, 7) is 4.01. The second-order valence-electron chi connectivity index (χ2n) is 12.4. The molecule has 1 saturated heterocycles. The van der Waals surface area contributed by atoms with Gasteiger partial charge in [-0.15, -0.1) is 5.10 Å². The molecule has 0 radical (unpaired) electrons. The Kier molecular flexibility index (Phi) is 9.98. The van der Waals surface area contributed by atoms with Crippen LogP contribution in [0.2, 0.25) is 0 Å². The van der Waals surface area contributed by atoms with E-state index in [4.69, 9.17) is 9.72 Å². The van der Waals surface area contributed by atoms with Gasteiger partial charge in [0.05, 0.1) is 29.7 Å². The summed E-state index contributed by atoms with van der Waals surface area (Å²) in [4.78, 5) is 57.2. The van der Waals surface area contributed by atoms with Crippen molar-refractivity contribution < 1.29 is 32.6 Å². The molecule has 1 aliphatic carbocycles. The van der Waals surface area contributed by atoms with E-state index in [1.807, 2.05) is 11.8 Å². The van der Waals surface area contributed by atoms with E-state index < -0.39 is 29.1 Å². The number of carbonyl (C=O) groups is 2. The van der Waals surface area contributed by atoms with Crippen LogP contribution in [0, 0.1) is 6.92 Å². The number of hydrogen-bond donors (Lipinski definition) is 2. The van der Waals surface area contributed by atoms with Crippen molar-refractivity contribution in [3.63, 3.8) is 0 Å². The first-order valence-electron chi connectivity index (χ1n) is 16.7. The van der Waals surface area contributed by atoms with Crippen molar-refractivity contribution in [1.82, 2.24) is 34.0 Å². The van der Waals surface area contributed by atoms with Crippen molar-refractivity contribution in [2.45, 2.75) is 65.1 Å². The molecule has 1 aliphatic heterocycles. The number of amides is 2. The van der Waals surface area contributed by atoms with E-state index in [1.54, 1.807) is 11.5 Å². The first-order valence-corrected chi connectivity index (χ1v) is 16.7. The molecule has 6 rings (SSSR count). The van der Waals surface area contributed by atoms with Crippen LogP contribution in [-0.2, 0) is 23.9 Å². The third-order valence-corrected chi connectivity index (χ3v) is 9.18. The highest BCUT2D eigenvalue weighted by Crippen LogP contribution is 2.35. The number of ether oxygens (including phenoxy) is 1. The van der Waals surface area contributed by atoms with Gasteiger partial charge in [0, 0.05) is 26.2 Å². The third kappa shape index (κ3) is 7.09. The molecule has 4 heterocycles. The molecule has 3 aromatic heterocycles. The van der Waals surface area contributed by atoms with Gasteiger partial charge in [0.15, 0.2) is 17.3 Å². The van der Waals surface area contributed by atoms with Gasteiger partial charge in [0.1, 0.15) is 24.3 Å². The number of carbonyl (C=O) groups excluding carboxylic acids is 2. The van der Waals surface area contributed by atoms with Crippen molar-refractivity contribution in [3.05, 3.63) is 69.4 Å². The van der Waals surface area contributed by atoms with Crippen molar-refractivity contribution in [1.29, 1.82) is 0 Å². The van der Waals surface area contributed by atoms with Crippen LogP contribution in [0.5, 0.6) is 11.5 Å². The maximum atomic E-state index is 14.3. The number of piperazine rings is 1. The predicted molar refractivity (Wildman–Crippen MR) is 181 cm³/mol. The molecule has 0 spiro atoms. The first kappa shape index (κ1) is 35.3. The molecule has 51 heavy (non-hydrogen) atoms. The number of hydrogen-bond acceptors (Lipinski definition) is 10. The predicted octanol–water partition coefficient (Wildman–Crippen LogP) is 4.23. The molecule has 2 amide bonds. The van der Waals surface area contributed by atoms with Crippen LogP contribution in [0.4, 0.5) is 24.5 Å². The SMILES string of the molecule is CCc1c(N2CCN(C(=O)c3ncnc(C)c3O)CC2)c(=O)n2nc(C3=CCCCCC3)nc2n1CC(=O)Nc1ccc(C(F)(F)F)cc1OC. The smallest absolute Gasteiger partial charge is 0.416 e. The number of benzene rings is 1. The number of anilines is 2. The highest BCUT2D eigenvalue weighted by atomic mass is 19.4. The molecule has 4 aromatic rings. The van der Waals surface area contributed by atoms with Crippen LogP contribution in [0.25, 0.3) is 11.4 Å². The fraction of sp³-hybridized carbons (Fsp3) is 0.441. The van der Waals surface area contributed by atoms with E-state index in [-0.39, 0.29) is 67.1 Å². The Morgan fingerprint density at radius 3 is 2.55 bits per heavy atom. The topological polar surface area (TPSA) is 160 Å². The molecular weight excluding hydrogens is 671 g/mol. The second-order valence-corrected chi connectivity index (χ2v) is 12.4. The highest BCUT2D eigenvalue weighted by Gasteiger charge is 2.33.